The number of hydrogen-bond acceptors (Lipinski definition) is 4. The summed E-state index contributed by atoms with van der Waals surface area (Å²) < 4.78 is 0. The molecule has 0 unspecified atom stereocenters. The molecule has 19 heavy (non-hydrogen) atoms. The fourth-order valence-corrected chi connectivity index (χ4v) is 1.97. The summed E-state index contributed by atoms with van der Waals surface area (Å²) in [4.78, 5) is 22.4. The Labute approximate surface area is 126 Å². The lowest BCUT2D eigenvalue weighted by Gasteiger charge is -2.07. The number of amides is 2. The zero-order valence-corrected chi connectivity index (χ0v) is 14.4. The molecule has 0 aliphatic heterocycles. The standard InChI is InChI=1S/C11H22N2O2S2.C2H6/c1-9(2)17-8-11(15)13-6-4-5-12-10(14)7-16-3;1-2/h9H,4-8H2,1-3H3,(H,12,14)(H,13,15);1-2H3. The van der Waals surface area contributed by atoms with Crippen LogP contribution in [0.25, 0.3) is 0 Å². The monoisotopic (exact) mass is 308 g/mol. The highest BCUT2D eigenvalue weighted by molar-refractivity contribution is 8.00. The maximum Gasteiger partial charge on any atom is 0.230 e. The van der Waals surface area contributed by atoms with Crippen molar-refractivity contribution in [3.63, 3.8) is 0 Å². The van der Waals surface area contributed by atoms with Crippen LogP contribution in [-0.2, 0) is 9.59 Å². The van der Waals surface area contributed by atoms with Gasteiger partial charge in [-0.05, 0) is 17.9 Å². The van der Waals surface area contributed by atoms with Gasteiger partial charge in [0.05, 0.1) is 11.5 Å². The van der Waals surface area contributed by atoms with Gasteiger partial charge in [-0.1, -0.05) is 27.7 Å². The molecule has 0 saturated heterocycles. The quantitative estimate of drug-likeness (QED) is 0.641. The molecule has 2 N–H and O–H groups in total. The number of carbonyl (C=O) groups is 2. The second-order valence-electron chi connectivity index (χ2n) is 3.85. The van der Waals surface area contributed by atoms with Gasteiger partial charge in [0.15, 0.2) is 0 Å². The molecule has 6 heteroatoms. The highest BCUT2D eigenvalue weighted by atomic mass is 32.2. The first-order valence-electron chi connectivity index (χ1n) is 6.70. The highest BCUT2D eigenvalue weighted by Gasteiger charge is 2.03. The van der Waals surface area contributed by atoms with Gasteiger partial charge in [0.25, 0.3) is 0 Å². The average Bonchev–Trinajstić information content (AvgIpc) is 2.38. The van der Waals surface area contributed by atoms with Crippen LogP contribution in [0.3, 0.4) is 0 Å². The van der Waals surface area contributed by atoms with E-state index in [-0.39, 0.29) is 11.8 Å². The van der Waals surface area contributed by atoms with Crippen LogP contribution in [0.15, 0.2) is 0 Å². The Kier molecular flexibility index (Phi) is 17.3. The summed E-state index contributed by atoms with van der Waals surface area (Å²) >= 11 is 3.13. The van der Waals surface area contributed by atoms with Crippen molar-refractivity contribution in [1.29, 1.82) is 0 Å². The second-order valence-corrected chi connectivity index (χ2v) is 6.28. The van der Waals surface area contributed by atoms with E-state index in [4.69, 9.17) is 0 Å². The van der Waals surface area contributed by atoms with E-state index < -0.39 is 0 Å². The Morgan fingerprint density at radius 2 is 1.47 bits per heavy atom. The van der Waals surface area contributed by atoms with E-state index in [1.807, 2.05) is 20.1 Å². The molecule has 0 aliphatic carbocycles. The molecular formula is C13H28N2O2S2. The first-order valence-corrected chi connectivity index (χ1v) is 9.14. The summed E-state index contributed by atoms with van der Waals surface area (Å²) in [6.07, 6.45) is 2.67. The minimum Gasteiger partial charge on any atom is -0.355 e. The maximum absolute atomic E-state index is 11.3. The molecule has 0 rings (SSSR count). The van der Waals surface area contributed by atoms with E-state index in [1.54, 1.807) is 11.8 Å². The van der Waals surface area contributed by atoms with Crippen molar-refractivity contribution in [2.24, 2.45) is 0 Å². The Morgan fingerprint density at radius 3 is 1.89 bits per heavy atom. The summed E-state index contributed by atoms with van der Waals surface area (Å²) in [5, 5.41) is 6.10. The van der Waals surface area contributed by atoms with Gasteiger partial charge >= 0.3 is 0 Å². The smallest absolute Gasteiger partial charge is 0.230 e. The fraction of sp³-hybridized carbons (Fsp3) is 0.846. The molecule has 0 heterocycles. The van der Waals surface area contributed by atoms with Crippen LogP contribution >= 0.6 is 23.5 Å². The first-order chi connectivity index (χ1) is 9.06. The molecular weight excluding hydrogens is 280 g/mol. The summed E-state index contributed by atoms with van der Waals surface area (Å²) in [5.74, 6) is 1.13. The SMILES string of the molecule is CC.CSCC(=O)NCCCNC(=O)CSC(C)C. The molecule has 0 fully saturated rings. The Hall–Kier alpha value is -0.360. The third kappa shape index (κ3) is 17.6. The van der Waals surface area contributed by atoms with Crippen molar-refractivity contribution in [1.82, 2.24) is 10.6 Å². The van der Waals surface area contributed by atoms with E-state index in [9.17, 15) is 9.59 Å². The second kappa shape index (κ2) is 15.7. The number of thioether (sulfide) groups is 2. The van der Waals surface area contributed by atoms with Crippen LogP contribution in [0.4, 0.5) is 0 Å². The van der Waals surface area contributed by atoms with Gasteiger partial charge in [-0.15, -0.1) is 11.8 Å². The number of rotatable bonds is 9. The van der Waals surface area contributed by atoms with Crippen LogP contribution in [0.5, 0.6) is 0 Å². The molecule has 4 nitrogen and oxygen atoms in total. The van der Waals surface area contributed by atoms with Crippen molar-refractivity contribution in [3.8, 4) is 0 Å². The Bertz CT molecular complexity index is 237. The summed E-state index contributed by atoms with van der Waals surface area (Å²) in [7, 11) is 0. The molecule has 0 aromatic rings. The van der Waals surface area contributed by atoms with Crippen LogP contribution in [-0.4, -0.2) is 47.9 Å². The first kappa shape index (κ1) is 20.9. The van der Waals surface area contributed by atoms with E-state index in [0.29, 0.717) is 29.8 Å². The molecule has 0 atom stereocenters. The number of carbonyl (C=O) groups excluding carboxylic acids is 2. The minimum atomic E-state index is 0.0548. The molecule has 0 radical (unpaired) electrons. The van der Waals surface area contributed by atoms with E-state index in [1.165, 1.54) is 11.8 Å². The van der Waals surface area contributed by atoms with Crippen molar-refractivity contribution in [2.45, 2.75) is 39.4 Å². The van der Waals surface area contributed by atoms with Crippen molar-refractivity contribution >= 4 is 35.3 Å². The fourth-order valence-electron chi connectivity index (χ4n) is 1.02. The van der Waals surface area contributed by atoms with Gasteiger partial charge in [0.2, 0.25) is 11.8 Å². The molecule has 2 amide bonds. The lowest BCUT2D eigenvalue weighted by molar-refractivity contribution is -0.118. The molecule has 0 spiro atoms. The van der Waals surface area contributed by atoms with Crippen LogP contribution < -0.4 is 10.6 Å². The van der Waals surface area contributed by atoms with E-state index in [2.05, 4.69) is 24.5 Å². The van der Waals surface area contributed by atoms with Crippen molar-refractivity contribution < 1.29 is 9.59 Å². The van der Waals surface area contributed by atoms with Gasteiger partial charge in [0.1, 0.15) is 0 Å². The lowest BCUT2D eigenvalue weighted by atomic mass is 10.4. The van der Waals surface area contributed by atoms with Crippen LogP contribution in [0.2, 0.25) is 0 Å². The predicted octanol–water partition coefficient (Wildman–Crippen LogP) is 2.14. The normalized spacial score (nSPS) is 9.58. The summed E-state index contributed by atoms with van der Waals surface area (Å²) in [5.41, 5.74) is 0. The summed E-state index contributed by atoms with van der Waals surface area (Å²) in [6.45, 7) is 9.38. The molecule has 0 aromatic heterocycles. The Balaban J connectivity index is 0. The third-order valence-electron chi connectivity index (χ3n) is 1.82. The largest absolute Gasteiger partial charge is 0.355 e. The van der Waals surface area contributed by atoms with Crippen LogP contribution in [0, 0.1) is 0 Å². The van der Waals surface area contributed by atoms with Gasteiger partial charge in [0, 0.05) is 13.1 Å². The van der Waals surface area contributed by atoms with E-state index in [0.717, 1.165) is 6.42 Å². The Morgan fingerprint density at radius 1 is 1.00 bits per heavy atom. The minimum absolute atomic E-state index is 0.0548. The lowest BCUT2D eigenvalue weighted by Crippen LogP contribution is -2.31. The van der Waals surface area contributed by atoms with Gasteiger partial charge < -0.3 is 10.6 Å². The maximum atomic E-state index is 11.3. The summed E-state index contributed by atoms with van der Waals surface area (Å²) in [6, 6.07) is 0. The average molecular weight is 309 g/mol. The zero-order valence-electron chi connectivity index (χ0n) is 12.7. The molecule has 0 saturated carbocycles. The van der Waals surface area contributed by atoms with Crippen LogP contribution in [0.1, 0.15) is 34.1 Å². The predicted molar refractivity (Wildman–Crippen MR) is 88.0 cm³/mol. The van der Waals surface area contributed by atoms with Gasteiger partial charge in [-0.25, -0.2) is 0 Å². The molecule has 0 bridgehead atoms. The van der Waals surface area contributed by atoms with E-state index >= 15 is 0 Å². The number of nitrogens with one attached hydrogen (secondary N) is 2. The third-order valence-corrected chi connectivity index (χ3v) is 3.47. The number of hydrogen-bond donors (Lipinski definition) is 2. The zero-order chi connectivity index (χ0) is 15.1. The van der Waals surface area contributed by atoms with Crippen molar-refractivity contribution in [3.05, 3.63) is 0 Å². The van der Waals surface area contributed by atoms with Crippen molar-refractivity contribution in [2.75, 3.05) is 30.9 Å². The topological polar surface area (TPSA) is 58.2 Å². The van der Waals surface area contributed by atoms with Gasteiger partial charge in [-0.2, -0.15) is 11.8 Å². The van der Waals surface area contributed by atoms with Gasteiger partial charge in [-0.3, -0.25) is 9.59 Å². The molecule has 0 aliphatic rings. The highest BCUT2D eigenvalue weighted by Crippen LogP contribution is 2.07. The molecule has 114 valence electrons. The molecule has 0 aromatic carbocycles.